The number of hydrogen-bond donors (Lipinski definition) is 2. The molecule has 2 aromatic rings. The molecule has 0 unspecified atom stereocenters. The second-order valence-corrected chi connectivity index (χ2v) is 7.08. The molecule has 0 atom stereocenters. The Morgan fingerprint density at radius 3 is 2.95 bits per heavy atom. The number of hydrogen-bond acceptors (Lipinski definition) is 2. The largest absolute Gasteiger partial charge is 0.385 e. The smallest absolute Gasteiger partial charge is 0.256 e. The van der Waals surface area contributed by atoms with Gasteiger partial charge in [-0.15, -0.1) is 0 Å². The molecule has 0 bridgehead atoms. The summed E-state index contributed by atoms with van der Waals surface area (Å²) in [4.78, 5) is 12.4. The van der Waals surface area contributed by atoms with Crippen molar-refractivity contribution < 1.29 is 4.79 Å². The van der Waals surface area contributed by atoms with Gasteiger partial charge in [-0.2, -0.15) is 0 Å². The van der Waals surface area contributed by atoms with E-state index in [1.165, 1.54) is 5.56 Å². The molecule has 0 spiro atoms. The van der Waals surface area contributed by atoms with Crippen LogP contribution in [-0.4, -0.2) is 12.5 Å². The lowest BCUT2D eigenvalue weighted by Gasteiger charge is -2.19. The van der Waals surface area contributed by atoms with Gasteiger partial charge in [-0.25, -0.2) is 0 Å². The normalized spacial score (nSPS) is 13.2. The van der Waals surface area contributed by atoms with Gasteiger partial charge in [-0.3, -0.25) is 4.79 Å². The van der Waals surface area contributed by atoms with Gasteiger partial charge in [-0.1, -0.05) is 6.07 Å². The Kier molecular flexibility index (Phi) is 4.49. The maximum absolute atomic E-state index is 12.4. The minimum atomic E-state index is -0.101. The number of carbonyl (C=O) groups excluding carboxylic acids is 1. The highest BCUT2D eigenvalue weighted by Gasteiger charge is 2.13. The van der Waals surface area contributed by atoms with Crippen molar-refractivity contribution >= 4 is 55.8 Å². The van der Waals surface area contributed by atoms with Crippen LogP contribution in [0.5, 0.6) is 0 Å². The molecule has 21 heavy (non-hydrogen) atoms. The van der Waals surface area contributed by atoms with Crippen LogP contribution >= 0.6 is 38.5 Å². The maximum Gasteiger partial charge on any atom is 0.256 e. The third-order valence-corrected chi connectivity index (χ3v) is 4.84. The molecule has 1 heterocycles. The lowest BCUT2D eigenvalue weighted by molar-refractivity contribution is 0.102. The van der Waals surface area contributed by atoms with E-state index in [9.17, 15) is 4.79 Å². The van der Waals surface area contributed by atoms with E-state index in [-0.39, 0.29) is 5.91 Å². The number of halogens is 2. The van der Waals surface area contributed by atoms with Crippen molar-refractivity contribution in [1.29, 1.82) is 0 Å². The summed E-state index contributed by atoms with van der Waals surface area (Å²) < 4.78 is 1.84. The molecule has 0 saturated carbocycles. The molecule has 3 rings (SSSR count). The van der Waals surface area contributed by atoms with Crippen molar-refractivity contribution in [2.24, 2.45) is 0 Å². The number of aryl methyl sites for hydroxylation is 1. The summed E-state index contributed by atoms with van der Waals surface area (Å²) in [6.45, 7) is 0.993. The minimum absolute atomic E-state index is 0.101. The fraction of sp³-hybridized carbons (Fsp3) is 0.188. The van der Waals surface area contributed by atoms with Gasteiger partial charge >= 0.3 is 0 Å². The number of amides is 1. The highest BCUT2D eigenvalue weighted by atomic mass is 127. The van der Waals surface area contributed by atoms with Crippen LogP contribution in [0.4, 0.5) is 11.4 Å². The first-order valence-corrected chi connectivity index (χ1v) is 8.64. The van der Waals surface area contributed by atoms with Crippen LogP contribution in [0, 0.1) is 3.57 Å². The van der Waals surface area contributed by atoms with Crippen molar-refractivity contribution in [3.63, 3.8) is 0 Å². The van der Waals surface area contributed by atoms with Crippen LogP contribution in [-0.2, 0) is 6.42 Å². The molecule has 0 radical (unpaired) electrons. The topological polar surface area (TPSA) is 41.1 Å². The average Bonchev–Trinajstić information content (AvgIpc) is 2.49. The van der Waals surface area contributed by atoms with Gasteiger partial charge in [0, 0.05) is 26.0 Å². The average molecular weight is 457 g/mol. The molecule has 3 nitrogen and oxygen atoms in total. The summed E-state index contributed by atoms with van der Waals surface area (Å²) in [6.07, 6.45) is 2.26. The molecule has 108 valence electrons. The van der Waals surface area contributed by atoms with E-state index in [0.717, 1.165) is 38.8 Å². The van der Waals surface area contributed by atoms with E-state index in [1.807, 2.05) is 30.3 Å². The third-order valence-electron chi connectivity index (χ3n) is 3.48. The van der Waals surface area contributed by atoms with Crippen LogP contribution in [0.3, 0.4) is 0 Å². The number of anilines is 2. The van der Waals surface area contributed by atoms with E-state index in [2.05, 4.69) is 55.2 Å². The lowest BCUT2D eigenvalue weighted by atomic mass is 10.0. The first-order valence-electron chi connectivity index (χ1n) is 6.77. The van der Waals surface area contributed by atoms with E-state index in [1.54, 1.807) is 0 Å². The van der Waals surface area contributed by atoms with Gasteiger partial charge < -0.3 is 10.6 Å². The maximum atomic E-state index is 12.4. The fourth-order valence-corrected chi connectivity index (χ4v) is 3.33. The first-order chi connectivity index (χ1) is 10.1. The van der Waals surface area contributed by atoms with E-state index in [4.69, 9.17) is 0 Å². The SMILES string of the molecule is O=C(Nc1ccc2c(c1)NCCC2)c1cc(I)ccc1Br. The summed E-state index contributed by atoms with van der Waals surface area (Å²) in [5.41, 5.74) is 3.90. The van der Waals surface area contributed by atoms with Crippen LogP contribution in [0.15, 0.2) is 40.9 Å². The zero-order chi connectivity index (χ0) is 14.8. The Bertz CT molecular complexity index is 703. The minimum Gasteiger partial charge on any atom is -0.385 e. The molecule has 0 aliphatic carbocycles. The summed E-state index contributed by atoms with van der Waals surface area (Å²) in [5, 5.41) is 6.34. The monoisotopic (exact) mass is 456 g/mol. The van der Waals surface area contributed by atoms with Crippen LogP contribution in [0.25, 0.3) is 0 Å². The van der Waals surface area contributed by atoms with Crippen molar-refractivity contribution in [3.8, 4) is 0 Å². The Balaban J connectivity index is 1.83. The lowest BCUT2D eigenvalue weighted by Crippen LogP contribution is -2.15. The molecule has 1 aliphatic heterocycles. The zero-order valence-electron chi connectivity index (χ0n) is 11.2. The molecule has 5 heteroatoms. The number of rotatable bonds is 2. The highest BCUT2D eigenvalue weighted by molar-refractivity contribution is 14.1. The van der Waals surface area contributed by atoms with Crippen molar-refractivity contribution in [1.82, 2.24) is 0 Å². The Labute approximate surface area is 145 Å². The number of carbonyl (C=O) groups is 1. The Hall–Kier alpha value is -1.08. The quantitative estimate of drug-likeness (QED) is 0.645. The predicted molar refractivity (Wildman–Crippen MR) is 98.1 cm³/mol. The standard InChI is InChI=1S/C16H14BrIN2O/c17-14-6-4-11(18)8-13(14)16(21)20-12-5-3-10-2-1-7-19-15(10)9-12/h3-6,8-9,19H,1-2,7H2,(H,20,21). The zero-order valence-corrected chi connectivity index (χ0v) is 15.0. The predicted octanol–water partition coefficient (Wildman–Crippen LogP) is 4.66. The number of nitrogens with one attached hydrogen (secondary N) is 2. The highest BCUT2D eigenvalue weighted by Crippen LogP contribution is 2.26. The van der Waals surface area contributed by atoms with Gasteiger partial charge in [0.1, 0.15) is 0 Å². The number of benzene rings is 2. The molecular formula is C16H14BrIN2O. The Morgan fingerprint density at radius 1 is 1.24 bits per heavy atom. The summed E-state index contributed by atoms with van der Waals surface area (Å²) >= 11 is 5.63. The van der Waals surface area contributed by atoms with Gasteiger partial charge in [0.15, 0.2) is 0 Å². The second kappa shape index (κ2) is 6.36. The molecular weight excluding hydrogens is 443 g/mol. The second-order valence-electron chi connectivity index (χ2n) is 4.98. The summed E-state index contributed by atoms with van der Waals surface area (Å²) in [7, 11) is 0. The first kappa shape index (κ1) is 14.8. The fourth-order valence-electron chi connectivity index (χ4n) is 2.41. The third kappa shape index (κ3) is 3.40. The van der Waals surface area contributed by atoms with Gasteiger partial charge in [0.2, 0.25) is 0 Å². The van der Waals surface area contributed by atoms with E-state index < -0.39 is 0 Å². The van der Waals surface area contributed by atoms with Crippen molar-refractivity contribution in [3.05, 3.63) is 55.6 Å². The molecule has 1 aliphatic rings. The molecule has 0 fully saturated rings. The van der Waals surface area contributed by atoms with E-state index in [0.29, 0.717) is 5.56 Å². The van der Waals surface area contributed by atoms with E-state index >= 15 is 0 Å². The van der Waals surface area contributed by atoms with Gasteiger partial charge in [0.05, 0.1) is 5.56 Å². The molecule has 0 aromatic heterocycles. The van der Waals surface area contributed by atoms with Gasteiger partial charge in [0.25, 0.3) is 5.91 Å². The number of fused-ring (bicyclic) bond motifs is 1. The molecule has 1 amide bonds. The summed E-state index contributed by atoms with van der Waals surface area (Å²) in [5.74, 6) is -0.101. The van der Waals surface area contributed by atoms with Crippen LogP contribution in [0.2, 0.25) is 0 Å². The van der Waals surface area contributed by atoms with Crippen molar-refractivity contribution in [2.45, 2.75) is 12.8 Å². The van der Waals surface area contributed by atoms with Crippen LogP contribution < -0.4 is 10.6 Å². The molecule has 0 saturated heterocycles. The molecule has 2 N–H and O–H groups in total. The summed E-state index contributed by atoms with van der Waals surface area (Å²) in [6, 6.07) is 11.8. The van der Waals surface area contributed by atoms with Crippen LogP contribution in [0.1, 0.15) is 22.3 Å². The van der Waals surface area contributed by atoms with Gasteiger partial charge in [-0.05, 0) is 87.3 Å². The van der Waals surface area contributed by atoms with Crippen molar-refractivity contribution in [2.75, 3.05) is 17.2 Å². The molecule has 2 aromatic carbocycles. The Morgan fingerprint density at radius 2 is 2.10 bits per heavy atom.